The lowest BCUT2D eigenvalue weighted by Gasteiger charge is -2.35. The molecule has 5 heteroatoms. The van der Waals surface area contributed by atoms with Crippen LogP contribution in [-0.2, 0) is 17.8 Å². The Balaban J connectivity index is 1.97. The smallest absolute Gasteiger partial charge is 0.243 e. The average Bonchev–Trinajstić information content (AvgIpc) is 3.00. The number of likely N-dealkylation sites (N-methyl/N-ethyl adjacent to an activating group) is 1. The highest BCUT2D eigenvalue weighted by Gasteiger charge is 2.36. The zero-order chi connectivity index (χ0) is 17.1. The molecule has 5 nitrogen and oxygen atoms in total. The van der Waals surface area contributed by atoms with E-state index >= 15 is 0 Å². The molecule has 1 amide bonds. The molecule has 1 aromatic heterocycles. The maximum atomic E-state index is 12.8. The van der Waals surface area contributed by atoms with E-state index in [4.69, 9.17) is 0 Å². The van der Waals surface area contributed by atoms with E-state index in [9.17, 15) is 4.79 Å². The Labute approximate surface area is 143 Å². The van der Waals surface area contributed by atoms with Gasteiger partial charge in [0.05, 0.1) is 17.7 Å². The van der Waals surface area contributed by atoms with Crippen LogP contribution in [0.25, 0.3) is 0 Å². The van der Waals surface area contributed by atoms with Crippen LogP contribution < -0.4 is 5.32 Å². The number of hydrogen-bond acceptors (Lipinski definition) is 3. The van der Waals surface area contributed by atoms with E-state index in [2.05, 4.69) is 45.7 Å². The molecule has 1 atom stereocenters. The van der Waals surface area contributed by atoms with Crippen molar-refractivity contribution >= 4 is 5.91 Å². The number of carbonyl (C=O) groups is 1. The third-order valence-corrected chi connectivity index (χ3v) is 4.56. The fourth-order valence-corrected chi connectivity index (χ4v) is 3.41. The lowest BCUT2D eigenvalue weighted by atomic mass is 10.00. The van der Waals surface area contributed by atoms with E-state index in [1.165, 1.54) is 5.56 Å². The Bertz CT molecular complexity index is 693. The molecule has 1 N–H and O–H groups in total. The van der Waals surface area contributed by atoms with Gasteiger partial charge in [0.1, 0.15) is 6.04 Å². The number of nitrogens with one attached hydrogen (secondary N) is 1. The first-order valence-corrected chi connectivity index (χ1v) is 8.73. The average molecular weight is 326 g/mol. The molecule has 1 aliphatic heterocycles. The van der Waals surface area contributed by atoms with Gasteiger partial charge in [-0.1, -0.05) is 30.3 Å². The SMILES string of the molecule is CCNC(=O)C1c2c(ncn2C(C)C)CCN1Cc1ccccc1. The number of carbonyl (C=O) groups excluding carboxylic acids is 1. The van der Waals surface area contributed by atoms with E-state index < -0.39 is 0 Å². The summed E-state index contributed by atoms with van der Waals surface area (Å²) in [6, 6.07) is 10.4. The van der Waals surface area contributed by atoms with Gasteiger partial charge >= 0.3 is 0 Å². The summed E-state index contributed by atoms with van der Waals surface area (Å²) in [5.41, 5.74) is 3.34. The van der Waals surface area contributed by atoms with Gasteiger partial charge in [-0.05, 0) is 26.3 Å². The van der Waals surface area contributed by atoms with Crippen LogP contribution in [0.5, 0.6) is 0 Å². The molecule has 0 aliphatic carbocycles. The lowest BCUT2D eigenvalue weighted by molar-refractivity contribution is -0.127. The van der Waals surface area contributed by atoms with Crippen molar-refractivity contribution in [3.05, 3.63) is 53.6 Å². The fourth-order valence-electron chi connectivity index (χ4n) is 3.41. The highest BCUT2D eigenvalue weighted by Crippen LogP contribution is 2.32. The molecule has 0 saturated carbocycles. The monoisotopic (exact) mass is 326 g/mol. The Morgan fingerprint density at radius 2 is 2.08 bits per heavy atom. The molecule has 0 radical (unpaired) electrons. The van der Waals surface area contributed by atoms with E-state index in [-0.39, 0.29) is 18.0 Å². The van der Waals surface area contributed by atoms with Crippen LogP contribution in [0, 0.1) is 0 Å². The molecule has 2 aromatic rings. The van der Waals surface area contributed by atoms with Gasteiger partial charge in [-0.3, -0.25) is 9.69 Å². The summed E-state index contributed by atoms with van der Waals surface area (Å²) in [6.07, 6.45) is 2.77. The van der Waals surface area contributed by atoms with E-state index in [1.54, 1.807) is 0 Å². The molecule has 1 aromatic carbocycles. The van der Waals surface area contributed by atoms with Crippen molar-refractivity contribution in [3.8, 4) is 0 Å². The third kappa shape index (κ3) is 3.22. The molecule has 1 aliphatic rings. The standard InChI is InChI=1S/C19H26N4O/c1-4-20-19(24)18-17-16(21-13-23(17)14(2)3)10-11-22(18)12-15-8-6-5-7-9-15/h5-9,13-14,18H,4,10-12H2,1-3H3,(H,20,24). The Morgan fingerprint density at radius 3 is 2.75 bits per heavy atom. The molecule has 2 heterocycles. The van der Waals surface area contributed by atoms with Crippen LogP contribution in [0.3, 0.4) is 0 Å². The van der Waals surface area contributed by atoms with Gasteiger partial charge in [0.25, 0.3) is 0 Å². The van der Waals surface area contributed by atoms with Crippen LogP contribution in [0.2, 0.25) is 0 Å². The van der Waals surface area contributed by atoms with Crippen LogP contribution >= 0.6 is 0 Å². The summed E-state index contributed by atoms with van der Waals surface area (Å²) >= 11 is 0. The number of benzene rings is 1. The van der Waals surface area contributed by atoms with E-state index in [1.807, 2.05) is 31.5 Å². The molecular formula is C19H26N4O. The number of nitrogens with zero attached hydrogens (tertiary/aromatic N) is 3. The maximum absolute atomic E-state index is 12.8. The summed E-state index contributed by atoms with van der Waals surface area (Å²) in [5, 5.41) is 3.01. The number of amides is 1. The van der Waals surface area contributed by atoms with Crippen LogP contribution in [0.1, 0.15) is 49.8 Å². The van der Waals surface area contributed by atoms with Gasteiger partial charge in [0, 0.05) is 32.1 Å². The van der Waals surface area contributed by atoms with Crippen LogP contribution in [-0.4, -0.2) is 33.4 Å². The predicted octanol–water partition coefficient (Wildman–Crippen LogP) is 2.70. The number of imidazole rings is 1. The zero-order valence-electron chi connectivity index (χ0n) is 14.7. The summed E-state index contributed by atoms with van der Waals surface area (Å²) in [5.74, 6) is 0.0665. The van der Waals surface area contributed by atoms with Crippen molar-refractivity contribution < 1.29 is 4.79 Å². The molecule has 128 valence electrons. The minimum Gasteiger partial charge on any atom is -0.355 e. The van der Waals surface area contributed by atoms with Gasteiger partial charge in [-0.15, -0.1) is 0 Å². The maximum Gasteiger partial charge on any atom is 0.243 e. The second-order valence-electron chi connectivity index (χ2n) is 6.58. The second kappa shape index (κ2) is 7.18. The molecule has 0 saturated heterocycles. The van der Waals surface area contributed by atoms with Crippen molar-refractivity contribution in [2.45, 2.75) is 45.8 Å². The van der Waals surface area contributed by atoms with Crippen LogP contribution in [0.4, 0.5) is 0 Å². The van der Waals surface area contributed by atoms with Crippen molar-refractivity contribution in [1.82, 2.24) is 19.8 Å². The highest BCUT2D eigenvalue weighted by molar-refractivity contribution is 5.83. The first-order chi connectivity index (χ1) is 11.6. The topological polar surface area (TPSA) is 50.2 Å². The minimum absolute atomic E-state index is 0.0665. The molecule has 0 bridgehead atoms. The van der Waals surface area contributed by atoms with E-state index in [0.717, 1.165) is 30.9 Å². The molecule has 3 rings (SSSR count). The second-order valence-corrected chi connectivity index (χ2v) is 6.58. The molecular weight excluding hydrogens is 300 g/mol. The Kier molecular flexibility index (Phi) is 5.00. The number of rotatable bonds is 5. The Morgan fingerprint density at radius 1 is 1.33 bits per heavy atom. The van der Waals surface area contributed by atoms with Gasteiger partial charge in [-0.2, -0.15) is 0 Å². The highest BCUT2D eigenvalue weighted by atomic mass is 16.2. The fraction of sp³-hybridized carbons (Fsp3) is 0.474. The van der Waals surface area contributed by atoms with Crippen molar-refractivity contribution in [2.75, 3.05) is 13.1 Å². The van der Waals surface area contributed by atoms with Crippen molar-refractivity contribution in [1.29, 1.82) is 0 Å². The van der Waals surface area contributed by atoms with Gasteiger partial charge in [0.15, 0.2) is 0 Å². The predicted molar refractivity (Wildman–Crippen MR) is 94.6 cm³/mol. The first-order valence-electron chi connectivity index (χ1n) is 8.73. The lowest BCUT2D eigenvalue weighted by Crippen LogP contribution is -2.45. The normalized spacial score (nSPS) is 17.8. The third-order valence-electron chi connectivity index (χ3n) is 4.56. The Hall–Kier alpha value is -2.14. The quantitative estimate of drug-likeness (QED) is 0.919. The van der Waals surface area contributed by atoms with Gasteiger partial charge < -0.3 is 9.88 Å². The summed E-state index contributed by atoms with van der Waals surface area (Å²) in [6.45, 7) is 8.48. The number of aromatic nitrogens is 2. The largest absolute Gasteiger partial charge is 0.355 e. The number of hydrogen-bond donors (Lipinski definition) is 1. The summed E-state index contributed by atoms with van der Waals surface area (Å²) in [4.78, 5) is 19.7. The van der Waals surface area contributed by atoms with Crippen molar-refractivity contribution in [2.24, 2.45) is 0 Å². The molecule has 0 fully saturated rings. The number of fused-ring (bicyclic) bond motifs is 1. The summed E-state index contributed by atoms with van der Waals surface area (Å²) < 4.78 is 2.15. The van der Waals surface area contributed by atoms with Crippen LogP contribution in [0.15, 0.2) is 36.7 Å². The first kappa shape index (κ1) is 16.7. The molecule has 24 heavy (non-hydrogen) atoms. The zero-order valence-corrected chi connectivity index (χ0v) is 14.7. The molecule has 0 spiro atoms. The van der Waals surface area contributed by atoms with Gasteiger partial charge in [0.2, 0.25) is 5.91 Å². The van der Waals surface area contributed by atoms with Crippen molar-refractivity contribution in [3.63, 3.8) is 0 Å². The molecule has 1 unspecified atom stereocenters. The summed E-state index contributed by atoms with van der Waals surface area (Å²) in [7, 11) is 0. The minimum atomic E-state index is -0.279. The van der Waals surface area contributed by atoms with E-state index in [0.29, 0.717) is 6.54 Å². The van der Waals surface area contributed by atoms with Gasteiger partial charge in [-0.25, -0.2) is 4.98 Å².